The highest BCUT2D eigenvalue weighted by Gasteiger charge is 1.96. The molecule has 0 heterocycles. The van der Waals surface area contributed by atoms with Gasteiger partial charge in [-0.15, -0.1) is 0 Å². The lowest BCUT2D eigenvalue weighted by molar-refractivity contribution is 1.22. The molecule has 0 unspecified atom stereocenters. The lowest BCUT2D eigenvalue weighted by Gasteiger charge is -2.03. The van der Waals surface area contributed by atoms with Crippen LogP contribution in [0.4, 0.5) is 0 Å². The first-order chi connectivity index (χ1) is 8.25. The van der Waals surface area contributed by atoms with Gasteiger partial charge in [-0.2, -0.15) is 0 Å². The summed E-state index contributed by atoms with van der Waals surface area (Å²) in [5, 5.41) is 0. The van der Waals surface area contributed by atoms with Crippen molar-refractivity contribution in [2.24, 2.45) is 0 Å². The van der Waals surface area contributed by atoms with Gasteiger partial charge in [0.25, 0.3) is 0 Å². The standard InChI is InChI=1S/C15H18.C2H6/c1-4-5-6-7-10-13(2)15-12-9-8-11-14(15)3;1-2/h5-12H,2,4H2,1,3H3;1-2H3/b6-5-,10-7-;. The molecule has 0 heteroatoms. The minimum Gasteiger partial charge on any atom is -0.0912 e. The van der Waals surface area contributed by atoms with E-state index in [4.69, 9.17) is 0 Å². The number of hydrogen-bond acceptors (Lipinski definition) is 0. The smallest absolute Gasteiger partial charge is 0.0161 e. The Hall–Kier alpha value is -1.56. The Balaban J connectivity index is 0.00000121. The zero-order valence-electron chi connectivity index (χ0n) is 11.5. The van der Waals surface area contributed by atoms with Crippen molar-refractivity contribution in [1.29, 1.82) is 0 Å². The van der Waals surface area contributed by atoms with E-state index in [9.17, 15) is 0 Å². The Bertz CT molecular complexity index is 381. The van der Waals surface area contributed by atoms with Crippen molar-refractivity contribution in [3.63, 3.8) is 0 Å². The summed E-state index contributed by atoms with van der Waals surface area (Å²) in [7, 11) is 0. The lowest BCUT2D eigenvalue weighted by atomic mass is 10.0. The minimum absolute atomic E-state index is 1.06. The van der Waals surface area contributed by atoms with Gasteiger partial charge < -0.3 is 0 Å². The van der Waals surface area contributed by atoms with E-state index in [1.165, 1.54) is 11.1 Å². The second kappa shape index (κ2) is 9.65. The van der Waals surface area contributed by atoms with Crippen molar-refractivity contribution in [3.05, 3.63) is 66.3 Å². The fraction of sp³-hybridized carbons (Fsp3) is 0.294. The minimum atomic E-state index is 1.06. The molecule has 0 aliphatic rings. The van der Waals surface area contributed by atoms with E-state index in [1.54, 1.807) is 0 Å². The number of aryl methyl sites for hydroxylation is 1. The molecular weight excluding hydrogens is 204 g/mol. The van der Waals surface area contributed by atoms with Gasteiger partial charge in [0.05, 0.1) is 0 Å². The quantitative estimate of drug-likeness (QED) is 0.592. The summed E-state index contributed by atoms with van der Waals surface area (Å²) in [5.41, 5.74) is 3.55. The van der Waals surface area contributed by atoms with E-state index in [0.29, 0.717) is 0 Å². The Morgan fingerprint density at radius 2 is 1.82 bits per heavy atom. The van der Waals surface area contributed by atoms with Gasteiger partial charge in [0.2, 0.25) is 0 Å². The molecule has 0 nitrogen and oxygen atoms in total. The molecule has 92 valence electrons. The van der Waals surface area contributed by atoms with Crippen LogP contribution in [0.2, 0.25) is 0 Å². The van der Waals surface area contributed by atoms with Gasteiger partial charge in [-0.1, -0.05) is 75.9 Å². The molecule has 0 atom stereocenters. The normalized spacial score (nSPS) is 10.4. The zero-order chi connectivity index (χ0) is 13.1. The molecule has 0 aliphatic heterocycles. The van der Waals surface area contributed by atoms with E-state index in [1.807, 2.05) is 32.1 Å². The Labute approximate surface area is 106 Å². The van der Waals surface area contributed by atoms with Crippen LogP contribution in [0.5, 0.6) is 0 Å². The molecule has 1 rings (SSSR count). The van der Waals surface area contributed by atoms with Crippen molar-refractivity contribution in [1.82, 2.24) is 0 Å². The summed E-state index contributed by atoms with van der Waals surface area (Å²) in [6.07, 6.45) is 9.35. The van der Waals surface area contributed by atoms with Crippen molar-refractivity contribution in [2.45, 2.75) is 34.1 Å². The van der Waals surface area contributed by atoms with Crippen LogP contribution in [0.15, 0.2) is 55.1 Å². The Morgan fingerprint density at radius 3 is 2.41 bits per heavy atom. The molecule has 17 heavy (non-hydrogen) atoms. The van der Waals surface area contributed by atoms with Crippen molar-refractivity contribution < 1.29 is 0 Å². The second-order valence-corrected chi connectivity index (χ2v) is 3.54. The summed E-state index contributed by atoms with van der Waals surface area (Å²) in [6.45, 7) is 12.3. The Morgan fingerprint density at radius 1 is 1.18 bits per heavy atom. The summed E-state index contributed by atoms with van der Waals surface area (Å²) in [5.74, 6) is 0. The monoisotopic (exact) mass is 228 g/mol. The third-order valence-electron chi connectivity index (χ3n) is 2.27. The van der Waals surface area contributed by atoms with Crippen LogP contribution in [-0.2, 0) is 0 Å². The van der Waals surface area contributed by atoms with Crippen LogP contribution < -0.4 is 0 Å². The number of rotatable bonds is 4. The highest BCUT2D eigenvalue weighted by molar-refractivity contribution is 5.74. The van der Waals surface area contributed by atoms with E-state index < -0.39 is 0 Å². The third kappa shape index (κ3) is 5.91. The maximum Gasteiger partial charge on any atom is -0.0161 e. The van der Waals surface area contributed by atoms with Crippen LogP contribution in [0.3, 0.4) is 0 Å². The van der Waals surface area contributed by atoms with E-state index in [0.717, 1.165) is 12.0 Å². The van der Waals surface area contributed by atoms with Gasteiger partial charge in [-0.25, -0.2) is 0 Å². The highest BCUT2D eigenvalue weighted by atomic mass is 14.0. The van der Waals surface area contributed by atoms with Crippen LogP contribution >= 0.6 is 0 Å². The molecule has 1 aromatic rings. The first-order valence-electron chi connectivity index (χ1n) is 6.33. The fourth-order valence-electron chi connectivity index (χ4n) is 1.41. The van der Waals surface area contributed by atoms with Crippen LogP contribution in [0, 0.1) is 6.92 Å². The topological polar surface area (TPSA) is 0 Å². The number of benzene rings is 1. The molecule has 0 amide bonds. The average Bonchev–Trinajstić information content (AvgIpc) is 2.37. The maximum absolute atomic E-state index is 4.06. The molecular formula is C17H24. The van der Waals surface area contributed by atoms with Crippen molar-refractivity contribution >= 4 is 5.57 Å². The first-order valence-corrected chi connectivity index (χ1v) is 6.33. The molecule has 1 aromatic carbocycles. The van der Waals surface area contributed by atoms with Crippen LogP contribution in [0.1, 0.15) is 38.3 Å². The molecule has 0 aromatic heterocycles. The van der Waals surface area contributed by atoms with Crippen LogP contribution in [0.25, 0.3) is 5.57 Å². The first kappa shape index (κ1) is 15.4. The van der Waals surface area contributed by atoms with E-state index >= 15 is 0 Å². The fourth-order valence-corrected chi connectivity index (χ4v) is 1.41. The average molecular weight is 228 g/mol. The Kier molecular flexibility index (Phi) is 8.77. The number of allylic oxidation sites excluding steroid dienone is 5. The molecule has 0 saturated carbocycles. The summed E-state index contributed by atoms with van der Waals surface area (Å²) >= 11 is 0. The molecule has 0 spiro atoms. The third-order valence-corrected chi connectivity index (χ3v) is 2.27. The molecule has 0 aliphatic carbocycles. The lowest BCUT2D eigenvalue weighted by Crippen LogP contribution is -1.83. The summed E-state index contributed by atoms with van der Waals surface area (Å²) < 4.78 is 0. The van der Waals surface area contributed by atoms with Crippen molar-refractivity contribution in [2.75, 3.05) is 0 Å². The van der Waals surface area contributed by atoms with E-state index in [-0.39, 0.29) is 0 Å². The maximum atomic E-state index is 4.06. The van der Waals surface area contributed by atoms with Crippen molar-refractivity contribution in [3.8, 4) is 0 Å². The second-order valence-electron chi connectivity index (χ2n) is 3.54. The van der Waals surface area contributed by atoms with E-state index in [2.05, 4.69) is 50.8 Å². The molecule has 0 N–H and O–H groups in total. The summed E-state index contributed by atoms with van der Waals surface area (Å²) in [6, 6.07) is 8.30. The van der Waals surface area contributed by atoms with Gasteiger partial charge in [0.15, 0.2) is 0 Å². The predicted octanol–water partition coefficient (Wildman–Crippen LogP) is 5.56. The molecule has 0 radical (unpaired) electrons. The number of hydrogen-bond donors (Lipinski definition) is 0. The molecule has 0 saturated heterocycles. The van der Waals surface area contributed by atoms with Gasteiger partial charge >= 0.3 is 0 Å². The molecule has 0 bridgehead atoms. The zero-order valence-corrected chi connectivity index (χ0v) is 11.5. The SMILES string of the molecule is C=C(/C=C\C=C/CC)c1ccccc1C.CC. The predicted molar refractivity (Wildman–Crippen MR) is 80.1 cm³/mol. The summed E-state index contributed by atoms with van der Waals surface area (Å²) in [4.78, 5) is 0. The van der Waals surface area contributed by atoms with Gasteiger partial charge in [0, 0.05) is 0 Å². The van der Waals surface area contributed by atoms with Gasteiger partial charge in [-0.05, 0) is 30.0 Å². The highest BCUT2D eigenvalue weighted by Crippen LogP contribution is 2.17. The molecule has 0 fully saturated rings. The van der Waals surface area contributed by atoms with Gasteiger partial charge in [0.1, 0.15) is 0 Å². The van der Waals surface area contributed by atoms with Gasteiger partial charge in [-0.3, -0.25) is 0 Å². The largest absolute Gasteiger partial charge is 0.0912 e. The van der Waals surface area contributed by atoms with Crippen LogP contribution in [-0.4, -0.2) is 0 Å².